The summed E-state index contributed by atoms with van der Waals surface area (Å²) in [6, 6.07) is 44.5. The number of hydrogen-bond donors (Lipinski definition) is 0. The van der Waals surface area contributed by atoms with E-state index < -0.39 is 0 Å². The number of nitrogens with zero attached hydrogens (tertiary/aromatic N) is 2. The van der Waals surface area contributed by atoms with Gasteiger partial charge in [-0.25, -0.2) is 9.13 Å². The Hall–Kier alpha value is -5.86. The highest BCUT2D eigenvalue weighted by atomic mass is 14.9. The molecule has 0 fully saturated rings. The predicted molar refractivity (Wildman–Crippen MR) is 250 cm³/mol. The van der Waals surface area contributed by atoms with Gasteiger partial charge >= 0.3 is 0 Å². The molecule has 0 aliphatic rings. The van der Waals surface area contributed by atoms with Crippen LogP contribution in [0.1, 0.15) is 66.5 Å². The molecule has 0 saturated carbocycles. The van der Waals surface area contributed by atoms with Crippen LogP contribution >= 0.6 is 0 Å². The van der Waals surface area contributed by atoms with Crippen LogP contribution in [0.2, 0.25) is 0 Å². The van der Waals surface area contributed by atoms with Crippen molar-refractivity contribution in [3.05, 3.63) is 145 Å². The fourth-order valence-corrected chi connectivity index (χ4v) is 8.83. The fraction of sp³-hybridized carbons (Fsp3) is 0.222. The van der Waals surface area contributed by atoms with Crippen molar-refractivity contribution in [3.8, 4) is 0 Å². The molecule has 2 heteroatoms. The zero-order chi connectivity index (χ0) is 40.3. The summed E-state index contributed by atoms with van der Waals surface area (Å²) in [6.07, 6.45) is 4.36. The fourth-order valence-electron chi connectivity index (χ4n) is 8.83. The van der Waals surface area contributed by atoms with E-state index in [9.17, 15) is 0 Å². The number of hydrogen-bond acceptors (Lipinski definition) is 0. The molecule has 11 rings (SSSR count). The molecule has 0 bridgehead atoms. The maximum absolute atomic E-state index is 2.29. The van der Waals surface area contributed by atoms with Crippen LogP contribution in [-0.4, -0.2) is 0 Å². The van der Waals surface area contributed by atoms with E-state index in [1.165, 1.54) is 108 Å². The van der Waals surface area contributed by atoms with Gasteiger partial charge in [0, 0.05) is 22.9 Å². The monoisotopic (exact) mass is 734 g/mol. The number of aromatic nitrogens is 2. The second-order valence-electron chi connectivity index (χ2n) is 13.5. The lowest BCUT2D eigenvalue weighted by atomic mass is 9.87. The highest BCUT2D eigenvalue weighted by Crippen LogP contribution is 2.44. The van der Waals surface area contributed by atoms with Crippen LogP contribution in [-0.2, 0) is 14.1 Å². The molecule has 11 aromatic rings. The van der Waals surface area contributed by atoms with Gasteiger partial charge in [-0.2, -0.15) is 0 Å². The van der Waals surface area contributed by atoms with Crippen LogP contribution in [0.5, 0.6) is 0 Å². The largest absolute Gasteiger partial charge is 0.221 e. The molecule has 0 unspecified atom stereocenters. The highest BCUT2D eigenvalue weighted by molar-refractivity contribution is 6.36. The molecule has 56 heavy (non-hydrogen) atoms. The molecule has 0 radical (unpaired) electrons. The van der Waals surface area contributed by atoms with Gasteiger partial charge < -0.3 is 0 Å². The van der Waals surface area contributed by atoms with Crippen LogP contribution in [0.3, 0.4) is 0 Å². The first-order valence-electron chi connectivity index (χ1n) is 20.8. The molecule has 0 atom stereocenters. The molecule has 282 valence electrons. The summed E-state index contributed by atoms with van der Waals surface area (Å²) in [6.45, 7) is 20.5. The maximum Gasteiger partial charge on any atom is 0.221 e. The molecule has 0 amide bonds. The first-order valence-corrected chi connectivity index (χ1v) is 20.8. The second kappa shape index (κ2) is 16.9. The van der Waals surface area contributed by atoms with Gasteiger partial charge in [-0.3, -0.25) is 0 Å². The third-order valence-electron chi connectivity index (χ3n) is 10.9. The minimum atomic E-state index is 1.31. The standard InChI is InChI=1S/C25H18N.C21H16N.4C2H6/c1-15-17-8-3-4-9-18(17)19-11-6-12-21-20-10-5-7-16-13-14-26(2)25(23(16)20)22(15)24(19)21;1-13-9-10-14-5-3-7-16-17-8-4-6-15-11-12-22(2)21(20(15)17)18(13)19(14)16;4*1-2/h3-14H,1-2H3;3-12H,1-2H3;4*1-2H3/q2*+1;;;;. The van der Waals surface area contributed by atoms with Gasteiger partial charge in [0.25, 0.3) is 0 Å². The Balaban J connectivity index is 0.000000163. The molecule has 9 aromatic carbocycles. The van der Waals surface area contributed by atoms with Crippen LogP contribution in [0.15, 0.2) is 134 Å². The summed E-state index contributed by atoms with van der Waals surface area (Å²) >= 11 is 0. The Kier molecular flexibility index (Phi) is 12.0. The van der Waals surface area contributed by atoms with E-state index in [1.54, 1.807) is 0 Å². The van der Waals surface area contributed by atoms with Gasteiger partial charge in [-0.15, -0.1) is 0 Å². The minimum absolute atomic E-state index is 1.31. The molecule has 0 saturated heterocycles. The minimum Gasteiger partial charge on any atom is -0.200 e. The van der Waals surface area contributed by atoms with Gasteiger partial charge in [-0.1, -0.05) is 165 Å². The van der Waals surface area contributed by atoms with Crippen molar-refractivity contribution < 1.29 is 9.13 Å². The average molecular weight is 735 g/mol. The lowest BCUT2D eigenvalue weighted by Crippen LogP contribution is -2.28. The van der Waals surface area contributed by atoms with Crippen molar-refractivity contribution in [3.63, 3.8) is 0 Å². The number of fused-ring (bicyclic) bond motifs is 6. The molecule has 0 aliphatic carbocycles. The molecule has 2 nitrogen and oxygen atoms in total. The number of rotatable bonds is 0. The van der Waals surface area contributed by atoms with E-state index in [0.29, 0.717) is 0 Å². The third kappa shape index (κ3) is 6.13. The normalized spacial score (nSPS) is 10.9. The van der Waals surface area contributed by atoms with Crippen molar-refractivity contribution >= 4 is 97.2 Å². The smallest absolute Gasteiger partial charge is 0.200 e. The molecular formula is C54H58N2+2. The van der Waals surface area contributed by atoms with Crippen molar-refractivity contribution in [1.82, 2.24) is 0 Å². The third-order valence-corrected chi connectivity index (χ3v) is 10.9. The quantitative estimate of drug-likeness (QED) is 0.0832. The van der Waals surface area contributed by atoms with Gasteiger partial charge in [0.15, 0.2) is 12.4 Å². The molecule has 2 aromatic heterocycles. The molecule has 0 aliphatic heterocycles. The van der Waals surface area contributed by atoms with Crippen LogP contribution < -0.4 is 9.13 Å². The highest BCUT2D eigenvalue weighted by Gasteiger charge is 2.23. The summed E-state index contributed by atoms with van der Waals surface area (Å²) in [5.74, 6) is 0. The van der Waals surface area contributed by atoms with Crippen LogP contribution in [0.25, 0.3) is 97.2 Å². The van der Waals surface area contributed by atoms with Gasteiger partial charge in [0.05, 0.1) is 21.5 Å². The lowest BCUT2D eigenvalue weighted by molar-refractivity contribution is -0.644. The maximum atomic E-state index is 2.29. The summed E-state index contributed by atoms with van der Waals surface area (Å²) in [4.78, 5) is 0. The van der Waals surface area contributed by atoms with Crippen LogP contribution in [0, 0.1) is 13.8 Å². The molecule has 0 spiro atoms. The second-order valence-corrected chi connectivity index (χ2v) is 13.5. The zero-order valence-electron chi connectivity index (χ0n) is 35.6. The van der Waals surface area contributed by atoms with E-state index in [0.717, 1.165) is 0 Å². The van der Waals surface area contributed by atoms with Gasteiger partial charge in [0.2, 0.25) is 11.0 Å². The Morgan fingerprint density at radius 3 is 1.20 bits per heavy atom. The number of pyridine rings is 2. The SMILES string of the molecule is CC.CC.CC.CC.Cc1c2ccccc2c2cccc3c4cccc5cc[n+](C)c(c1c23)c54.Cc1ccc2cccc3c4cccc5cc[n+](C)c(c1c23)c54. The number of benzene rings is 9. The van der Waals surface area contributed by atoms with E-state index in [-0.39, 0.29) is 0 Å². The zero-order valence-corrected chi connectivity index (χ0v) is 35.6. The molecule has 2 heterocycles. The van der Waals surface area contributed by atoms with E-state index in [2.05, 4.69) is 171 Å². The summed E-state index contributed by atoms with van der Waals surface area (Å²) in [7, 11) is 4.32. The van der Waals surface area contributed by atoms with Crippen molar-refractivity contribution in [2.75, 3.05) is 0 Å². The van der Waals surface area contributed by atoms with E-state index in [1.807, 2.05) is 55.4 Å². The number of aryl methyl sites for hydroxylation is 4. The Morgan fingerprint density at radius 1 is 0.304 bits per heavy atom. The Bertz CT molecular complexity index is 3000. The average Bonchev–Trinajstić information content (AvgIpc) is 3.27. The first kappa shape index (κ1) is 39.8. The topological polar surface area (TPSA) is 7.76 Å². The van der Waals surface area contributed by atoms with E-state index in [4.69, 9.17) is 0 Å². The first-order chi connectivity index (χ1) is 27.5. The van der Waals surface area contributed by atoms with Crippen molar-refractivity contribution in [2.45, 2.75) is 69.2 Å². The van der Waals surface area contributed by atoms with Crippen molar-refractivity contribution in [2.24, 2.45) is 14.1 Å². The van der Waals surface area contributed by atoms with Crippen LogP contribution in [0.4, 0.5) is 0 Å². The summed E-state index contributed by atoms with van der Waals surface area (Å²) in [5, 5.41) is 21.7. The van der Waals surface area contributed by atoms with Crippen molar-refractivity contribution in [1.29, 1.82) is 0 Å². The Morgan fingerprint density at radius 2 is 0.679 bits per heavy atom. The van der Waals surface area contributed by atoms with Gasteiger partial charge in [-0.05, 0) is 78.8 Å². The Labute approximate surface area is 333 Å². The molecular weight excluding hydrogens is 677 g/mol. The summed E-state index contributed by atoms with van der Waals surface area (Å²) < 4.78 is 4.56. The van der Waals surface area contributed by atoms with E-state index >= 15 is 0 Å². The molecule has 0 N–H and O–H groups in total. The predicted octanol–water partition coefficient (Wildman–Crippen LogP) is 15.0. The summed E-state index contributed by atoms with van der Waals surface area (Å²) in [5.41, 5.74) is 5.40. The lowest BCUT2D eigenvalue weighted by Gasteiger charge is -2.16. The van der Waals surface area contributed by atoms with Gasteiger partial charge in [0.1, 0.15) is 14.1 Å².